The van der Waals surface area contributed by atoms with Gasteiger partial charge >= 0.3 is 12.2 Å². The van der Waals surface area contributed by atoms with Gasteiger partial charge in [-0.15, -0.1) is 0 Å². The second kappa shape index (κ2) is 16.8. The first kappa shape index (κ1) is 40.0. The summed E-state index contributed by atoms with van der Waals surface area (Å²) in [6.07, 6.45) is 5.76. The maximum atomic E-state index is 14.0. The molecule has 4 amide bonds. The largest absolute Gasteiger partial charge is 0.456 e. The van der Waals surface area contributed by atoms with Crippen LogP contribution in [0.4, 0.5) is 9.59 Å². The van der Waals surface area contributed by atoms with Gasteiger partial charge in [0.15, 0.2) is 0 Å². The first-order chi connectivity index (χ1) is 29.0. The molecule has 5 heterocycles. The van der Waals surface area contributed by atoms with Crippen LogP contribution in [0.3, 0.4) is 0 Å². The molecule has 0 radical (unpaired) electrons. The zero-order valence-electron chi connectivity index (χ0n) is 33.9. The number of hydrogen-bond acceptors (Lipinski definition) is 10. The van der Waals surface area contributed by atoms with Crippen molar-refractivity contribution in [1.82, 2.24) is 30.4 Å². The van der Waals surface area contributed by atoms with Gasteiger partial charge in [0.1, 0.15) is 29.1 Å². The summed E-state index contributed by atoms with van der Waals surface area (Å²) in [5.74, 6) is 0.0626. The molecule has 4 atom stereocenters. The van der Waals surface area contributed by atoms with E-state index in [0.717, 1.165) is 41.7 Å². The molecule has 15 nitrogen and oxygen atoms in total. The number of carbonyl (C=O) groups excluding carboxylic acids is 4. The lowest BCUT2D eigenvalue weighted by Gasteiger charge is -2.31. The fourth-order valence-electron chi connectivity index (χ4n) is 8.55. The van der Waals surface area contributed by atoms with Gasteiger partial charge in [-0.1, -0.05) is 50.2 Å². The molecule has 0 saturated carbocycles. The number of alkyl carbamates (subject to hydrolysis) is 2. The molecule has 60 heavy (non-hydrogen) atoms. The highest BCUT2D eigenvalue weighted by molar-refractivity contribution is 6.04. The number of likely N-dealkylation sites (tertiary alicyclic amines) is 2. The fraction of sp³-hybridized carbons (Fsp3) is 0.356. The maximum absolute atomic E-state index is 14.0. The lowest BCUT2D eigenvalue weighted by atomic mass is 9.96. The zero-order valence-corrected chi connectivity index (χ0v) is 33.9. The molecular formula is C45H47N7O8. The number of aromatic nitrogens is 2. The number of ether oxygens (including phenoxy) is 2. The van der Waals surface area contributed by atoms with Crippen LogP contribution in [0, 0.1) is 5.92 Å². The van der Waals surface area contributed by atoms with Crippen molar-refractivity contribution in [3.05, 3.63) is 106 Å². The van der Waals surface area contributed by atoms with E-state index >= 15 is 0 Å². The normalized spacial score (nSPS) is 18.7. The van der Waals surface area contributed by atoms with Crippen LogP contribution in [0.2, 0.25) is 0 Å². The Hall–Kier alpha value is -6.77. The zero-order chi connectivity index (χ0) is 42.1. The highest BCUT2D eigenvalue weighted by Gasteiger charge is 2.39. The third-order valence-corrected chi connectivity index (χ3v) is 11.7. The van der Waals surface area contributed by atoms with Gasteiger partial charge in [-0.25, -0.2) is 14.6 Å². The van der Waals surface area contributed by atoms with Crippen molar-refractivity contribution < 1.29 is 33.1 Å². The van der Waals surface area contributed by atoms with Gasteiger partial charge in [-0.3, -0.25) is 19.4 Å². The molecule has 15 heteroatoms. The van der Waals surface area contributed by atoms with Crippen LogP contribution in [-0.2, 0) is 19.1 Å². The van der Waals surface area contributed by atoms with Crippen LogP contribution in [-0.4, -0.2) is 88.9 Å². The highest BCUT2D eigenvalue weighted by atomic mass is 16.5. The minimum absolute atomic E-state index is 0.129. The van der Waals surface area contributed by atoms with Gasteiger partial charge in [-0.2, -0.15) is 0 Å². The molecule has 2 aromatic heterocycles. The predicted molar refractivity (Wildman–Crippen MR) is 225 cm³/mol. The van der Waals surface area contributed by atoms with Gasteiger partial charge < -0.3 is 39.3 Å². The van der Waals surface area contributed by atoms with Gasteiger partial charge in [0.25, 0.3) is 5.91 Å². The molecule has 0 aliphatic carbocycles. The molecule has 3 aliphatic heterocycles. The van der Waals surface area contributed by atoms with Crippen molar-refractivity contribution in [3.63, 3.8) is 0 Å². The Morgan fingerprint density at radius 1 is 0.817 bits per heavy atom. The minimum Gasteiger partial charge on any atom is -0.456 e. The van der Waals surface area contributed by atoms with Crippen LogP contribution in [0.5, 0.6) is 0 Å². The van der Waals surface area contributed by atoms with Crippen molar-refractivity contribution in [1.29, 1.82) is 0 Å². The highest BCUT2D eigenvalue weighted by Crippen LogP contribution is 2.36. The number of amides is 4. The van der Waals surface area contributed by atoms with E-state index in [1.165, 1.54) is 14.2 Å². The van der Waals surface area contributed by atoms with E-state index < -0.39 is 24.3 Å². The van der Waals surface area contributed by atoms with Crippen molar-refractivity contribution in [2.24, 2.45) is 10.9 Å². The van der Waals surface area contributed by atoms with Crippen LogP contribution in [0.25, 0.3) is 38.8 Å². The first-order valence-corrected chi connectivity index (χ1v) is 20.2. The number of benzene rings is 3. The summed E-state index contributed by atoms with van der Waals surface area (Å²) in [5, 5.41) is 6.24. The van der Waals surface area contributed by atoms with Gasteiger partial charge in [-0.05, 0) is 78.6 Å². The van der Waals surface area contributed by atoms with Crippen LogP contribution >= 0.6 is 0 Å². The number of carbonyl (C=O) groups is 4. The Morgan fingerprint density at radius 2 is 1.52 bits per heavy atom. The molecule has 3 aliphatic rings. The fourth-order valence-corrected chi connectivity index (χ4v) is 8.55. The molecule has 5 aromatic rings. The molecule has 0 unspecified atom stereocenters. The molecule has 3 N–H and O–H groups in total. The Bertz CT molecular complexity index is 2600. The molecule has 8 rings (SSSR count). The SMILES string of the molecule is COC(=O)N[C@H](C(=O)N1CCC[C@H]1C1=NC=C(c2ccc3c(=O)c4cc(-c5cnc([C@@H]6CCCN6C(=O)[C@H](NC(=O)OC)c6ccccc6)[nH]5)ccc4oc3c2)C1)C(C)C. The quantitative estimate of drug-likeness (QED) is 0.130. The number of nitrogens with zero attached hydrogens (tertiary/aromatic N) is 4. The summed E-state index contributed by atoms with van der Waals surface area (Å²) in [4.78, 5) is 82.2. The second-order valence-electron chi connectivity index (χ2n) is 15.7. The van der Waals surface area contributed by atoms with Crippen LogP contribution in [0.15, 0.2) is 93.3 Å². The third kappa shape index (κ3) is 7.74. The van der Waals surface area contributed by atoms with Crippen molar-refractivity contribution in [2.45, 2.75) is 70.1 Å². The van der Waals surface area contributed by atoms with Crippen LogP contribution in [0.1, 0.15) is 75.0 Å². The number of nitrogens with one attached hydrogen (secondary N) is 3. The van der Waals surface area contributed by atoms with Gasteiger partial charge in [0.2, 0.25) is 11.3 Å². The Labute approximate surface area is 345 Å². The van der Waals surface area contributed by atoms with E-state index in [-0.39, 0.29) is 35.2 Å². The number of methoxy groups -OCH3 is 2. The lowest BCUT2D eigenvalue weighted by Crippen LogP contribution is -2.53. The Morgan fingerprint density at radius 3 is 2.25 bits per heavy atom. The van der Waals surface area contributed by atoms with Crippen LogP contribution < -0.4 is 16.1 Å². The molecule has 3 aromatic carbocycles. The van der Waals surface area contributed by atoms with Gasteiger partial charge in [0.05, 0.1) is 49.0 Å². The average molecular weight is 814 g/mol. The summed E-state index contributed by atoms with van der Waals surface area (Å²) < 4.78 is 15.9. The van der Waals surface area contributed by atoms with Crippen molar-refractivity contribution >= 4 is 57.2 Å². The summed E-state index contributed by atoms with van der Waals surface area (Å²) in [7, 11) is 2.54. The number of fused-ring (bicyclic) bond motifs is 2. The topological polar surface area (TPSA) is 189 Å². The molecular weight excluding hydrogens is 767 g/mol. The van der Waals surface area contributed by atoms with E-state index in [4.69, 9.17) is 18.9 Å². The Balaban J connectivity index is 0.985. The van der Waals surface area contributed by atoms with Crippen molar-refractivity contribution in [3.8, 4) is 11.3 Å². The number of imidazole rings is 1. The monoisotopic (exact) mass is 813 g/mol. The Kier molecular flexibility index (Phi) is 11.2. The van der Waals surface area contributed by atoms with Crippen molar-refractivity contribution in [2.75, 3.05) is 27.3 Å². The van der Waals surface area contributed by atoms with E-state index in [0.29, 0.717) is 65.0 Å². The molecule has 0 bridgehead atoms. The smallest absolute Gasteiger partial charge is 0.407 e. The van der Waals surface area contributed by atoms with E-state index in [1.54, 1.807) is 41.4 Å². The van der Waals surface area contributed by atoms with E-state index in [1.807, 2.05) is 61.3 Å². The first-order valence-electron chi connectivity index (χ1n) is 20.2. The van der Waals surface area contributed by atoms with Gasteiger partial charge in [0, 0.05) is 37.0 Å². The average Bonchev–Trinajstić information content (AvgIpc) is 4.11. The maximum Gasteiger partial charge on any atom is 0.407 e. The predicted octanol–water partition coefficient (Wildman–Crippen LogP) is 6.65. The standard InChI is InChI=1S/C45H47N7O8/c1-25(2)38(49-44(56)58-3)42(54)51-18-8-12-34(51)32-21-29(23-46-32)27-14-16-30-37(22-27)60-36-17-15-28(20-31(36)40(30)53)33-24-47-41(48-33)35-13-9-19-52(35)43(55)39(50-45(57)59-4)26-10-6-5-7-11-26/h5-7,10-11,14-17,20,22-25,34-35,38-39H,8-9,12-13,18-19,21H2,1-4H3,(H,47,48)(H,49,56)(H,50,57)/t34-,35-,38-,39+/m0/s1. The molecule has 2 saturated heterocycles. The molecule has 310 valence electrons. The molecule has 2 fully saturated rings. The summed E-state index contributed by atoms with van der Waals surface area (Å²) >= 11 is 0. The van der Waals surface area contributed by atoms with E-state index in [2.05, 4.69) is 20.6 Å². The second-order valence-corrected chi connectivity index (χ2v) is 15.7. The molecule has 0 spiro atoms. The number of aliphatic imine (C=N–C) groups is 1. The number of hydrogen-bond donors (Lipinski definition) is 3. The van der Waals surface area contributed by atoms with E-state index in [9.17, 15) is 24.0 Å². The minimum atomic E-state index is -0.929. The summed E-state index contributed by atoms with van der Waals surface area (Å²) in [6, 6.07) is 17.8. The summed E-state index contributed by atoms with van der Waals surface area (Å²) in [6.45, 7) is 4.85. The third-order valence-electron chi connectivity index (χ3n) is 11.7. The number of rotatable bonds is 10. The number of allylic oxidation sites excluding steroid dienone is 1. The summed E-state index contributed by atoms with van der Waals surface area (Å²) in [5.41, 5.74) is 5.46. The number of H-pyrrole nitrogens is 1. The number of aromatic amines is 1. The lowest BCUT2D eigenvalue weighted by molar-refractivity contribution is -0.135.